The molecule has 1 aromatic heterocycles. The minimum Gasteiger partial charge on any atom is -0.492 e. The summed E-state index contributed by atoms with van der Waals surface area (Å²) in [5, 5.41) is 1.01. The fraction of sp³-hybridized carbons (Fsp3) is 0.433. The highest BCUT2D eigenvalue weighted by Crippen LogP contribution is 2.40. The van der Waals surface area contributed by atoms with E-state index in [4.69, 9.17) is 9.47 Å². The van der Waals surface area contributed by atoms with E-state index in [-0.39, 0.29) is 5.57 Å². The van der Waals surface area contributed by atoms with Crippen LogP contribution in [0, 0.1) is 5.41 Å². The summed E-state index contributed by atoms with van der Waals surface area (Å²) in [4.78, 5) is 12.8. The molecule has 3 rings (SSSR count). The van der Waals surface area contributed by atoms with Crippen molar-refractivity contribution in [2.45, 2.75) is 66.0 Å². The zero-order valence-corrected chi connectivity index (χ0v) is 22.8. The fourth-order valence-corrected chi connectivity index (χ4v) is 5.10. The van der Waals surface area contributed by atoms with E-state index in [1.807, 2.05) is 6.07 Å². The van der Waals surface area contributed by atoms with Gasteiger partial charge in [0.15, 0.2) is 0 Å². The largest absolute Gasteiger partial charge is 0.492 e. The van der Waals surface area contributed by atoms with Crippen LogP contribution in [0.4, 0.5) is 13.2 Å². The van der Waals surface area contributed by atoms with Crippen LogP contribution >= 0.6 is 11.3 Å². The molecule has 2 aromatic carbocycles. The lowest BCUT2D eigenvalue weighted by Gasteiger charge is -2.31. The van der Waals surface area contributed by atoms with E-state index in [2.05, 4.69) is 44.7 Å². The zero-order chi connectivity index (χ0) is 27.2. The number of unbranched alkanes of at least 4 members (excludes halogenated alkanes) is 2. The van der Waals surface area contributed by atoms with Crippen molar-refractivity contribution >= 4 is 27.4 Å². The third kappa shape index (κ3) is 7.16. The zero-order valence-electron chi connectivity index (χ0n) is 22.0. The van der Waals surface area contributed by atoms with Gasteiger partial charge in [-0.15, -0.1) is 11.3 Å². The van der Waals surface area contributed by atoms with Gasteiger partial charge in [0.25, 0.3) is 0 Å². The maximum atomic E-state index is 13.8. The van der Waals surface area contributed by atoms with Crippen molar-refractivity contribution in [2.24, 2.45) is 5.41 Å². The minimum atomic E-state index is -4.62. The second kappa shape index (κ2) is 12.2. The Bertz CT molecular complexity index is 1240. The molecule has 3 aromatic rings. The summed E-state index contributed by atoms with van der Waals surface area (Å²) >= 11 is 1.60. The Labute approximate surface area is 221 Å². The Balaban J connectivity index is 1.78. The molecule has 1 atom stereocenters. The number of hydrogen-bond acceptors (Lipinski definition) is 4. The van der Waals surface area contributed by atoms with Gasteiger partial charge in [0, 0.05) is 15.2 Å². The van der Waals surface area contributed by atoms with Crippen LogP contribution in [0.1, 0.15) is 58.1 Å². The number of thiophene rings is 1. The monoisotopic (exact) mass is 532 g/mol. The van der Waals surface area contributed by atoms with Gasteiger partial charge in [-0.3, -0.25) is 0 Å². The normalized spacial score (nSPS) is 13.4. The maximum Gasteiger partial charge on any atom is 0.400 e. The lowest BCUT2D eigenvalue weighted by Crippen LogP contribution is -2.44. The van der Waals surface area contributed by atoms with Gasteiger partial charge in [-0.25, -0.2) is 4.79 Å². The molecule has 37 heavy (non-hydrogen) atoms. The number of rotatable bonds is 12. The smallest absolute Gasteiger partial charge is 0.400 e. The van der Waals surface area contributed by atoms with Crippen LogP contribution in [-0.4, -0.2) is 25.4 Å². The molecule has 0 N–H and O–H groups in total. The fourth-order valence-electron chi connectivity index (χ4n) is 3.94. The van der Waals surface area contributed by atoms with Gasteiger partial charge < -0.3 is 9.47 Å². The van der Waals surface area contributed by atoms with E-state index in [0.29, 0.717) is 5.75 Å². The first-order valence-electron chi connectivity index (χ1n) is 12.7. The molecule has 7 heteroatoms. The number of carbonyl (C=O) groups is 1. The average molecular weight is 533 g/mol. The standard InChI is InChI=1S/C30H35F3O3S/c1-6-8-9-10-21-11-14-25(22(7-2)15-21)27-16-23-12-13-24(17-26(23)37-27)35-18-29(5,30(31,32)33)19-36-28(34)20(3)4/h11-17H,3,6-10,18-19H2,1-2,4-5H3. The molecular weight excluding hydrogens is 497 g/mol. The van der Waals surface area contributed by atoms with Gasteiger partial charge in [0.05, 0.1) is 0 Å². The van der Waals surface area contributed by atoms with Crippen molar-refractivity contribution in [3.63, 3.8) is 0 Å². The van der Waals surface area contributed by atoms with E-state index < -0.39 is 30.8 Å². The first kappa shape index (κ1) is 28.8. The highest BCUT2D eigenvalue weighted by molar-refractivity contribution is 7.22. The Hall–Kier alpha value is -2.80. The number of carbonyl (C=O) groups excluding carboxylic acids is 1. The Morgan fingerprint density at radius 1 is 1.03 bits per heavy atom. The molecule has 0 fully saturated rings. The summed E-state index contributed by atoms with van der Waals surface area (Å²) in [7, 11) is 0. The summed E-state index contributed by atoms with van der Waals surface area (Å²) in [6, 6.07) is 14.1. The van der Waals surface area contributed by atoms with Crippen molar-refractivity contribution in [3.8, 4) is 16.2 Å². The lowest BCUT2D eigenvalue weighted by atomic mass is 9.92. The molecule has 0 amide bonds. The SMILES string of the molecule is C=C(C)C(=O)OCC(C)(COc1ccc2cc(-c3ccc(CCCCC)cc3CC)sc2c1)C(F)(F)F. The first-order valence-corrected chi connectivity index (χ1v) is 13.5. The number of alkyl halides is 3. The molecule has 0 aliphatic heterocycles. The summed E-state index contributed by atoms with van der Waals surface area (Å²) in [5.74, 6) is -0.520. The number of fused-ring (bicyclic) bond motifs is 1. The van der Waals surface area contributed by atoms with Crippen LogP contribution < -0.4 is 4.74 Å². The van der Waals surface area contributed by atoms with Crippen molar-refractivity contribution < 1.29 is 27.4 Å². The average Bonchev–Trinajstić information content (AvgIpc) is 3.28. The number of halogens is 3. The Morgan fingerprint density at radius 3 is 2.43 bits per heavy atom. The van der Waals surface area contributed by atoms with Crippen LogP contribution in [0.2, 0.25) is 0 Å². The van der Waals surface area contributed by atoms with Crippen molar-refractivity contribution in [2.75, 3.05) is 13.2 Å². The molecular formula is C30H35F3O3S. The van der Waals surface area contributed by atoms with E-state index in [1.165, 1.54) is 42.9 Å². The van der Waals surface area contributed by atoms with Gasteiger partial charge in [-0.1, -0.05) is 51.5 Å². The number of ether oxygens (including phenoxy) is 2. The second-order valence-electron chi connectivity index (χ2n) is 9.82. The molecule has 0 saturated carbocycles. The van der Waals surface area contributed by atoms with Gasteiger partial charge in [0.1, 0.15) is 24.4 Å². The molecule has 0 bridgehead atoms. The molecule has 1 heterocycles. The Morgan fingerprint density at radius 2 is 1.78 bits per heavy atom. The highest BCUT2D eigenvalue weighted by atomic mass is 32.1. The second-order valence-corrected chi connectivity index (χ2v) is 10.9. The van der Waals surface area contributed by atoms with Gasteiger partial charge in [-0.05, 0) is 79.5 Å². The number of aryl methyl sites for hydroxylation is 2. The molecule has 0 aliphatic carbocycles. The van der Waals surface area contributed by atoms with Crippen LogP contribution in [0.15, 0.2) is 54.6 Å². The number of benzene rings is 2. The quantitative estimate of drug-likeness (QED) is 0.133. The molecule has 1 unspecified atom stereocenters. The third-order valence-corrected chi connectivity index (χ3v) is 7.62. The van der Waals surface area contributed by atoms with E-state index in [0.717, 1.165) is 34.7 Å². The topological polar surface area (TPSA) is 35.5 Å². The van der Waals surface area contributed by atoms with Crippen LogP contribution in [-0.2, 0) is 22.4 Å². The van der Waals surface area contributed by atoms with Crippen molar-refractivity contribution in [1.29, 1.82) is 0 Å². The predicted octanol–water partition coefficient (Wildman–Crippen LogP) is 8.93. The highest BCUT2D eigenvalue weighted by Gasteiger charge is 2.53. The first-order chi connectivity index (χ1) is 17.5. The van der Waals surface area contributed by atoms with Crippen LogP contribution in [0.3, 0.4) is 0 Å². The molecule has 0 spiro atoms. The number of hydrogen-bond donors (Lipinski definition) is 0. The molecule has 200 valence electrons. The van der Waals surface area contributed by atoms with Gasteiger partial charge in [0.2, 0.25) is 0 Å². The summed E-state index contributed by atoms with van der Waals surface area (Å²) < 4.78 is 52.7. The van der Waals surface area contributed by atoms with Gasteiger partial charge >= 0.3 is 12.1 Å². The summed E-state index contributed by atoms with van der Waals surface area (Å²) in [6.45, 7) is 8.61. The molecule has 3 nitrogen and oxygen atoms in total. The van der Waals surface area contributed by atoms with Crippen molar-refractivity contribution in [1.82, 2.24) is 0 Å². The van der Waals surface area contributed by atoms with Crippen LogP contribution in [0.5, 0.6) is 5.75 Å². The maximum absolute atomic E-state index is 13.8. The van der Waals surface area contributed by atoms with Crippen molar-refractivity contribution in [3.05, 3.63) is 65.7 Å². The molecule has 0 radical (unpaired) electrons. The Kier molecular flexibility index (Phi) is 9.46. The number of esters is 1. The van der Waals surface area contributed by atoms with E-state index in [1.54, 1.807) is 23.5 Å². The molecule has 0 aliphatic rings. The summed E-state index contributed by atoms with van der Waals surface area (Å²) in [5.41, 5.74) is 1.52. The lowest BCUT2D eigenvalue weighted by molar-refractivity contribution is -0.240. The predicted molar refractivity (Wildman–Crippen MR) is 145 cm³/mol. The van der Waals surface area contributed by atoms with E-state index in [9.17, 15) is 18.0 Å². The van der Waals surface area contributed by atoms with E-state index >= 15 is 0 Å². The van der Waals surface area contributed by atoms with Crippen LogP contribution in [0.25, 0.3) is 20.5 Å². The molecule has 0 saturated heterocycles. The summed E-state index contributed by atoms with van der Waals surface area (Å²) in [6.07, 6.45) is 0.995. The van der Waals surface area contributed by atoms with Gasteiger partial charge in [-0.2, -0.15) is 13.2 Å². The third-order valence-electron chi connectivity index (χ3n) is 6.49. The minimum absolute atomic E-state index is 0.0433.